The first kappa shape index (κ1) is 14.0. The molecule has 0 saturated heterocycles. The summed E-state index contributed by atoms with van der Waals surface area (Å²) in [7, 11) is 0. The number of aliphatic hydroxyl groups excluding tert-OH is 1. The van der Waals surface area contributed by atoms with Gasteiger partial charge in [-0.15, -0.1) is 0 Å². The molecule has 3 rings (SSSR count). The molecule has 0 atom stereocenters. The second-order valence-electron chi connectivity index (χ2n) is 4.51. The molecule has 5 heteroatoms. The van der Waals surface area contributed by atoms with Gasteiger partial charge in [0.25, 0.3) is 0 Å². The lowest BCUT2D eigenvalue weighted by Crippen LogP contribution is -1.89. The Balaban J connectivity index is 2.08. The first-order valence-electron chi connectivity index (χ1n) is 6.30. The lowest BCUT2D eigenvalue weighted by molar-refractivity contribution is 0.281. The maximum absolute atomic E-state index is 13.0. The summed E-state index contributed by atoms with van der Waals surface area (Å²) in [6.07, 6.45) is 0. The van der Waals surface area contributed by atoms with Crippen molar-refractivity contribution in [1.29, 1.82) is 0 Å². The summed E-state index contributed by atoms with van der Waals surface area (Å²) in [6, 6.07) is 13.4. The average Bonchev–Trinajstić information content (AvgIpc) is 2.92. The van der Waals surface area contributed by atoms with Gasteiger partial charge >= 0.3 is 0 Å². The van der Waals surface area contributed by atoms with Crippen LogP contribution in [-0.2, 0) is 6.61 Å². The van der Waals surface area contributed by atoms with Crippen LogP contribution in [0.2, 0.25) is 0 Å². The van der Waals surface area contributed by atoms with Gasteiger partial charge < -0.3 is 9.63 Å². The van der Waals surface area contributed by atoms with E-state index in [-0.39, 0.29) is 12.4 Å². The first-order chi connectivity index (χ1) is 10.2. The summed E-state index contributed by atoms with van der Waals surface area (Å²) >= 11 is 3.37. The number of benzene rings is 2. The predicted octanol–water partition coefficient (Wildman–Crippen LogP) is 4.40. The Morgan fingerprint density at radius 2 is 1.62 bits per heavy atom. The third-order valence-electron chi connectivity index (χ3n) is 3.17. The van der Waals surface area contributed by atoms with Gasteiger partial charge in [0.1, 0.15) is 11.5 Å². The summed E-state index contributed by atoms with van der Waals surface area (Å²) in [5.41, 5.74) is 2.63. The maximum atomic E-state index is 13.0. The molecule has 21 heavy (non-hydrogen) atoms. The van der Waals surface area contributed by atoms with E-state index in [2.05, 4.69) is 21.1 Å². The van der Waals surface area contributed by atoms with Crippen molar-refractivity contribution in [3.05, 3.63) is 64.4 Å². The van der Waals surface area contributed by atoms with Gasteiger partial charge in [0.05, 0.1) is 12.2 Å². The number of aliphatic hydroxyl groups is 1. The molecule has 0 spiro atoms. The van der Waals surface area contributed by atoms with Gasteiger partial charge in [0, 0.05) is 15.6 Å². The van der Waals surface area contributed by atoms with E-state index in [4.69, 9.17) is 4.52 Å². The molecule has 1 N–H and O–H groups in total. The number of hydrogen-bond donors (Lipinski definition) is 1. The molecule has 0 aliphatic carbocycles. The van der Waals surface area contributed by atoms with E-state index in [1.165, 1.54) is 12.1 Å². The molecule has 0 fully saturated rings. The van der Waals surface area contributed by atoms with Crippen molar-refractivity contribution < 1.29 is 14.0 Å². The highest BCUT2D eigenvalue weighted by atomic mass is 79.9. The van der Waals surface area contributed by atoms with Gasteiger partial charge in [-0.2, -0.15) is 0 Å². The van der Waals surface area contributed by atoms with E-state index in [1.54, 1.807) is 12.1 Å². The van der Waals surface area contributed by atoms with Crippen molar-refractivity contribution in [2.45, 2.75) is 6.61 Å². The molecule has 3 aromatic rings. The highest BCUT2D eigenvalue weighted by Gasteiger charge is 2.18. The Morgan fingerprint density at radius 1 is 1.00 bits per heavy atom. The van der Waals surface area contributed by atoms with E-state index in [0.29, 0.717) is 22.6 Å². The second-order valence-corrected chi connectivity index (χ2v) is 5.43. The number of halogens is 2. The Labute approximate surface area is 129 Å². The van der Waals surface area contributed by atoms with Gasteiger partial charge in [-0.1, -0.05) is 33.2 Å². The molecule has 0 unspecified atom stereocenters. The third-order valence-corrected chi connectivity index (χ3v) is 3.70. The minimum absolute atomic E-state index is 0.207. The average molecular weight is 348 g/mol. The van der Waals surface area contributed by atoms with E-state index in [0.717, 1.165) is 10.0 Å². The normalized spacial score (nSPS) is 10.8. The number of aromatic nitrogens is 1. The fourth-order valence-corrected chi connectivity index (χ4v) is 2.38. The van der Waals surface area contributed by atoms with Crippen LogP contribution in [0.5, 0.6) is 0 Å². The van der Waals surface area contributed by atoms with Crippen LogP contribution < -0.4 is 0 Å². The van der Waals surface area contributed by atoms with Crippen molar-refractivity contribution in [3.63, 3.8) is 0 Å². The molecule has 0 amide bonds. The summed E-state index contributed by atoms with van der Waals surface area (Å²) in [5, 5.41) is 13.7. The highest BCUT2D eigenvalue weighted by molar-refractivity contribution is 9.10. The standard InChI is InChI=1S/C16H11BrFNO2/c17-12-5-1-11(2-6-12)16-14(9-20)15(19-21-16)10-3-7-13(18)8-4-10/h1-8,20H,9H2. The molecule has 0 bridgehead atoms. The molecule has 0 saturated carbocycles. The summed E-state index contributed by atoms with van der Waals surface area (Å²) < 4.78 is 19.3. The van der Waals surface area contributed by atoms with Crippen molar-refractivity contribution in [2.24, 2.45) is 0 Å². The zero-order chi connectivity index (χ0) is 14.8. The summed E-state index contributed by atoms with van der Waals surface area (Å²) in [5.74, 6) is 0.199. The summed E-state index contributed by atoms with van der Waals surface area (Å²) in [6.45, 7) is -0.207. The molecule has 3 nitrogen and oxygen atoms in total. The van der Waals surface area contributed by atoms with Gasteiger partial charge in [-0.05, 0) is 36.4 Å². The van der Waals surface area contributed by atoms with Crippen molar-refractivity contribution >= 4 is 15.9 Å². The number of rotatable bonds is 3. The van der Waals surface area contributed by atoms with Crippen LogP contribution in [0.1, 0.15) is 5.56 Å². The molecule has 2 aromatic carbocycles. The molecule has 0 aliphatic rings. The van der Waals surface area contributed by atoms with Crippen LogP contribution in [0, 0.1) is 5.82 Å². The maximum Gasteiger partial charge on any atom is 0.173 e. The van der Waals surface area contributed by atoms with Gasteiger partial charge in [-0.3, -0.25) is 0 Å². The number of hydrogen-bond acceptors (Lipinski definition) is 3. The van der Waals surface area contributed by atoms with Crippen LogP contribution in [0.15, 0.2) is 57.5 Å². The van der Waals surface area contributed by atoms with Crippen molar-refractivity contribution in [3.8, 4) is 22.6 Å². The Morgan fingerprint density at radius 3 is 2.24 bits per heavy atom. The first-order valence-corrected chi connectivity index (χ1v) is 7.09. The monoisotopic (exact) mass is 347 g/mol. The Bertz CT molecular complexity index is 688. The third kappa shape index (κ3) is 2.75. The quantitative estimate of drug-likeness (QED) is 0.763. The van der Waals surface area contributed by atoms with Crippen LogP contribution in [-0.4, -0.2) is 10.3 Å². The van der Waals surface area contributed by atoms with Crippen LogP contribution in [0.4, 0.5) is 4.39 Å². The topological polar surface area (TPSA) is 46.3 Å². The minimum Gasteiger partial charge on any atom is -0.391 e. The molecule has 0 aliphatic heterocycles. The van der Waals surface area contributed by atoms with Crippen LogP contribution >= 0.6 is 15.9 Å². The van der Waals surface area contributed by atoms with Crippen molar-refractivity contribution in [2.75, 3.05) is 0 Å². The smallest absolute Gasteiger partial charge is 0.173 e. The lowest BCUT2D eigenvalue weighted by atomic mass is 10.0. The van der Waals surface area contributed by atoms with Gasteiger partial charge in [0.2, 0.25) is 0 Å². The summed E-state index contributed by atoms with van der Waals surface area (Å²) in [4.78, 5) is 0. The van der Waals surface area contributed by atoms with E-state index in [9.17, 15) is 9.50 Å². The fourth-order valence-electron chi connectivity index (χ4n) is 2.12. The van der Waals surface area contributed by atoms with Gasteiger partial charge in [-0.25, -0.2) is 4.39 Å². The molecule has 0 radical (unpaired) electrons. The van der Waals surface area contributed by atoms with Crippen LogP contribution in [0.3, 0.4) is 0 Å². The van der Waals surface area contributed by atoms with Crippen LogP contribution in [0.25, 0.3) is 22.6 Å². The SMILES string of the molecule is OCc1c(-c2ccc(F)cc2)noc1-c1ccc(Br)cc1. The fraction of sp³-hybridized carbons (Fsp3) is 0.0625. The van der Waals surface area contributed by atoms with E-state index in [1.807, 2.05) is 24.3 Å². The zero-order valence-electron chi connectivity index (χ0n) is 10.9. The zero-order valence-corrected chi connectivity index (χ0v) is 12.5. The molecule has 1 aromatic heterocycles. The minimum atomic E-state index is -0.319. The van der Waals surface area contributed by atoms with E-state index >= 15 is 0 Å². The largest absolute Gasteiger partial charge is 0.391 e. The lowest BCUT2D eigenvalue weighted by Gasteiger charge is -2.01. The van der Waals surface area contributed by atoms with E-state index < -0.39 is 0 Å². The van der Waals surface area contributed by atoms with Crippen molar-refractivity contribution in [1.82, 2.24) is 5.16 Å². The number of nitrogens with zero attached hydrogens (tertiary/aromatic N) is 1. The predicted molar refractivity (Wildman–Crippen MR) is 81.0 cm³/mol. The molecule has 106 valence electrons. The Hall–Kier alpha value is -1.98. The Kier molecular flexibility index (Phi) is 3.86. The molecular formula is C16H11BrFNO2. The highest BCUT2D eigenvalue weighted by Crippen LogP contribution is 2.32. The van der Waals surface area contributed by atoms with Gasteiger partial charge in [0.15, 0.2) is 5.76 Å². The molecule has 1 heterocycles. The second kappa shape index (κ2) is 5.79. The molecular weight excluding hydrogens is 337 g/mol.